The van der Waals surface area contributed by atoms with E-state index in [1.807, 2.05) is 6.92 Å². The lowest BCUT2D eigenvalue weighted by Crippen LogP contribution is -2.47. The Hall–Kier alpha value is -1.34. The van der Waals surface area contributed by atoms with E-state index in [0.29, 0.717) is 6.54 Å². The van der Waals surface area contributed by atoms with Gasteiger partial charge in [0.25, 0.3) is 0 Å². The fourth-order valence-electron chi connectivity index (χ4n) is 1.75. The first-order chi connectivity index (χ1) is 8.65. The molecule has 104 valence electrons. The van der Waals surface area contributed by atoms with Crippen molar-refractivity contribution in [3.63, 3.8) is 0 Å². The van der Waals surface area contributed by atoms with Crippen molar-refractivity contribution in [3.05, 3.63) is 0 Å². The maximum Gasteiger partial charge on any atom is 0.315 e. The summed E-state index contributed by atoms with van der Waals surface area (Å²) in [5.74, 6) is -1.59. The molecule has 2 atom stereocenters. The van der Waals surface area contributed by atoms with E-state index in [1.165, 1.54) is 0 Å². The Morgan fingerprint density at radius 2 is 2.11 bits per heavy atom. The number of carbonyl (C=O) groups is 2. The molecule has 0 saturated carbocycles. The highest BCUT2D eigenvalue weighted by atomic mass is 16.5. The van der Waals surface area contributed by atoms with Gasteiger partial charge in [-0.05, 0) is 19.5 Å². The minimum absolute atomic E-state index is 0.153. The summed E-state index contributed by atoms with van der Waals surface area (Å²) in [6, 6.07) is -0.787. The van der Waals surface area contributed by atoms with Crippen molar-refractivity contribution in [1.82, 2.24) is 16.0 Å². The van der Waals surface area contributed by atoms with Crippen molar-refractivity contribution in [2.45, 2.75) is 19.4 Å². The maximum absolute atomic E-state index is 11.5. The molecule has 0 aliphatic carbocycles. The zero-order valence-corrected chi connectivity index (χ0v) is 10.6. The Balaban J connectivity index is 2.17. The zero-order valence-electron chi connectivity index (χ0n) is 10.6. The molecule has 2 unspecified atom stereocenters. The molecule has 1 aliphatic heterocycles. The van der Waals surface area contributed by atoms with E-state index >= 15 is 0 Å². The van der Waals surface area contributed by atoms with Gasteiger partial charge in [0, 0.05) is 6.54 Å². The van der Waals surface area contributed by atoms with Crippen LogP contribution in [0.15, 0.2) is 0 Å². The van der Waals surface area contributed by atoms with Crippen molar-refractivity contribution in [1.29, 1.82) is 0 Å². The van der Waals surface area contributed by atoms with Gasteiger partial charge in [-0.3, -0.25) is 4.79 Å². The molecule has 7 nitrogen and oxygen atoms in total. The van der Waals surface area contributed by atoms with E-state index in [-0.39, 0.29) is 19.2 Å². The lowest BCUT2D eigenvalue weighted by molar-refractivity contribution is -0.142. The van der Waals surface area contributed by atoms with Crippen molar-refractivity contribution >= 4 is 12.0 Å². The summed E-state index contributed by atoms with van der Waals surface area (Å²) in [7, 11) is 0. The van der Waals surface area contributed by atoms with Crippen LogP contribution in [0.2, 0.25) is 0 Å². The van der Waals surface area contributed by atoms with Gasteiger partial charge in [0.1, 0.15) is 5.92 Å². The van der Waals surface area contributed by atoms with Crippen LogP contribution in [0.5, 0.6) is 0 Å². The summed E-state index contributed by atoms with van der Waals surface area (Å²) >= 11 is 0. The van der Waals surface area contributed by atoms with E-state index in [9.17, 15) is 9.59 Å². The van der Waals surface area contributed by atoms with Crippen LogP contribution in [-0.2, 0) is 9.53 Å². The summed E-state index contributed by atoms with van der Waals surface area (Å²) in [4.78, 5) is 22.4. The van der Waals surface area contributed by atoms with Gasteiger partial charge in [0.2, 0.25) is 0 Å². The molecule has 0 radical (unpaired) electrons. The molecule has 4 N–H and O–H groups in total. The van der Waals surface area contributed by atoms with Gasteiger partial charge in [0.05, 0.1) is 19.3 Å². The van der Waals surface area contributed by atoms with Gasteiger partial charge >= 0.3 is 12.0 Å². The molecular weight excluding hydrogens is 238 g/mol. The van der Waals surface area contributed by atoms with Crippen LogP contribution >= 0.6 is 0 Å². The SMILES string of the molecule is CCNCCCNC(=O)NC1COCC1C(=O)O. The number of ether oxygens (including phenoxy) is 1. The van der Waals surface area contributed by atoms with Gasteiger partial charge in [-0.1, -0.05) is 6.92 Å². The number of aliphatic carboxylic acids is 1. The normalized spacial score (nSPS) is 22.7. The van der Waals surface area contributed by atoms with Gasteiger partial charge < -0.3 is 25.8 Å². The van der Waals surface area contributed by atoms with Crippen LogP contribution in [-0.4, -0.2) is 56.0 Å². The molecule has 1 saturated heterocycles. The molecule has 1 rings (SSSR count). The summed E-state index contributed by atoms with van der Waals surface area (Å²) in [6.07, 6.45) is 0.838. The first-order valence-corrected chi connectivity index (χ1v) is 6.20. The fraction of sp³-hybridized carbons (Fsp3) is 0.818. The molecule has 0 aromatic heterocycles. The van der Waals surface area contributed by atoms with Crippen molar-refractivity contribution in [2.75, 3.05) is 32.8 Å². The Morgan fingerprint density at radius 1 is 1.33 bits per heavy atom. The number of carboxylic acids is 1. The summed E-state index contributed by atoms with van der Waals surface area (Å²) in [6.45, 7) is 4.74. The smallest absolute Gasteiger partial charge is 0.315 e. The highest BCUT2D eigenvalue weighted by Gasteiger charge is 2.34. The third-order valence-electron chi connectivity index (χ3n) is 2.78. The first kappa shape index (κ1) is 14.7. The van der Waals surface area contributed by atoms with Gasteiger partial charge in [-0.15, -0.1) is 0 Å². The molecule has 0 spiro atoms. The standard InChI is InChI=1S/C11H21N3O4/c1-2-12-4-3-5-13-11(17)14-9-7-18-6-8(9)10(15)16/h8-9,12H,2-7H2,1H3,(H,15,16)(H2,13,14,17). The summed E-state index contributed by atoms with van der Waals surface area (Å²) in [5, 5.41) is 17.4. The van der Waals surface area contributed by atoms with Gasteiger partial charge in [-0.2, -0.15) is 0 Å². The predicted octanol–water partition coefficient (Wildman–Crippen LogP) is -0.615. The number of amides is 2. The number of hydrogen-bond acceptors (Lipinski definition) is 4. The van der Waals surface area contributed by atoms with Gasteiger partial charge in [-0.25, -0.2) is 4.79 Å². The van der Waals surface area contributed by atoms with Crippen LogP contribution in [0.4, 0.5) is 4.79 Å². The van der Waals surface area contributed by atoms with Crippen molar-refractivity contribution in [3.8, 4) is 0 Å². The molecule has 1 aliphatic rings. The van der Waals surface area contributed by atoms with E-state index in [2.05, 4.69) is 16.0 Å². The minimum atomic E-state index is -0.940. The van der Waals surface area contributed by atoms with Crippen LogP contribution in [0.1, 0.15) is 13.3 Å². The Morgan fingerprint density at radius 3 is 2.78 bits per heavy atom. The molecule has 0 aromatic carbocycles. The zero-order chi connectivity index (χ0) is 13.4. The molecule has 0 aromatic rings. The van der Waals surface area contributed by atoms with Crippen LogP contribution < -0.4 is 16.0 Å². The van der Waals surface area contributed by atoms with E-state index < -0.39 is 17.9 Å². The Labute approximate surface area is 106 Å². The maximum atomic E-state index is 11.5. The van der Waals surface area contributed by atoms with Crippen molar-refractivity contribution in [2.24, 2.45) is 5.92 Å². The second-order valence-corrected chi connectivity index (χ2v) is 4.20. The highest BCUT2D eigenvalue weighted by Crippen LogP contribution is 2.13. The number of rotatable bonds is 7. The number of nitrogens with one attached hydrogen (secondary N) is 3. The van der Waals surface area contributed by atoms with E-state index in [1.54, 1.807) is 0 Å². The molecule has 0 bridgehead atoms. The molecule has 7 heteroatoms. The van der Waals surface area contributed by atoms with E-state index in [4.69, 9.17) is 9.84 Å². The summed E-state index contributed by atoms with van der Waals surface area (Å²) < 4.78 is 5.06. The monoisotopic (exact) mass is 259 g/mol. The number of carboxylic acid groups (broad SMARTS) is 1. The lowest BCUT2D eigenvalue weighted by Gasteiger charge is -2.16. The van der Waals surface area contributed by atoms with E-state index in [0.717, 1.165) is 19.5 Å². The average Bonchev–Trinajstić information content (AvgIpc) is 2.77. The predicted molar refractivity (Wildman–Crippen MR) is 65.4 cm³/mol. The van der Waals surface area contributed by atoms with Gasteiger partial charge in [0.15, 0.2) is 0 Å². The lowest BCUT2D eigenvalue weighted by atomic mass is 10.0. The van der Waals surface area contributed by atoms with Crippen LogP contribution in [0.25, 0.3) is 0 Å². The topological polar surface area (TPSA) is 99.7 Å². The Bertz CT molecular complexity index is 285. The average molecular weight is 259 g/mol. The second kappa shape index (κ2) is 7.88. The molecular formula is C11H21N3O4. The molecule has 1 fully saturated rings. The molecule has 1 heterocycles. The van der Waals surface area contributed by atoms with Crippen molar-refractivity contribution < 1.29 is 19.4 Å². The third kappa shape index (κ3) is 4.89. The van der Waals surface area contributed by atoms with Crippen LogP contribution in [0, 0.1) is 5.92 Å². The minimum Gasteiger partial charge on any atom is -0.481 e. The first-order valence-electron chi connectivity index (χ1n) is 6.20. The number of urea groups is 1. The third-order valence-corrected chi connectivity index (χ3v) is 2.78. The fourth-order valence-corrected chi connectivity index (χ4v) is 1.75. The molecule has 2 amide bonds. The quantitative estimate of drug-likeness (QED) is 0.457. The Kier molecular flexibility index (Phi) is 6.45. The highest BCUT2D eigenvalue weighted by molar-refractivity contribution is 5.77. The molecule has 18 heavy (non-hydrogen) atoms. The largest absolute Gasteiger partial charge is 0.481 e. The summed E-state index contributed by atoms with van der Waals surface area (Å²) in [5.41, 5.74) is 0. The van der Waals surface area contributed by atoms with Crippen LogP contribution in [0.3, 0.4) is 0 Å². The number of hydrogen-bond donors (Lipinski definition) is 4. The second-order valence-electron chi connectivity index (χ2n) is 4.20. The number of carbonyl (C=O) groups excluding carboxylic acids is 1.